The van der Waals surface area contributed by atoms with Gasteiger partial charge in [0, 0.05) is 6.42 Å². The summed E-state index contributed by atoms with van der Waals surface area (Å²) in [6.45, 7) is 1.72. The Morgan fingerprint density at radius 3 is 1.08 bits per heavy atom. The van der Waals surface area contributed by atoms with Gasteiger partial charge in [-0.3, -0.25) is 4.79 Å². The van der Waals surface area contributed by atoms with Crippen molar-refractivity contribution in [1.82, 2.24) is 5.32 Å². The highest BCUT2D eigenvalue weighted by molar-refractivity contribution is 5.76. The molecule has 3 aliphatic heterocycles. The minimum atomic E-state index is -1.97. The molecule has 3 saturated heterocycles. The molecule has 0 bridgehead atoms. The zero-order chi connectivity index (χ0) is 72.5. The molecule has 100 heavy (non-hydrogen) atoms. The van der Waals surface area contributed by atoms with E-state index < -0.39 is 124 Å². The summed E-state index contributed by atoms with van der Waals surface area (Å²) in [6.07, 6.45) is 52.8. The van der Waals surface area contributed by atoms with Gasteiger partial charge < -0.3 is 89.9 Å². The fourth-order valence-electron chi connectivity index (χ4n) is 13.4. The molecule has 582 valence electrons. The molecule has 0 aliphatic carbocycles. The van der Waals surface area contributed by atoms with Crippen LogP contribution >= 0.6 is 0 Å². The largest absolute Gasteiger partial charge is 0.394 e. The third kappa shape index (κ3) is 41.2. The Hall–Kier alpha value is -2.77. The van der Waals surface area contributed by atoms with E-state index in [1.807, 2.05) is 0 Å². The van der Waals surface area contributed by atoms with E-state index in [0.717, 1.165) is 83.5 Å². The number of aliphatic hydroxyl groups is 11. The van der Waals surface area contributed by atoms with Crippen LogP contribution in [-0.2, 0) is 33.2 Å². The van der Waals surface area contributed by atoms with Crippen LogP contribution in [0, 0.1) is 0 Å². The lowest BCUT2D eigenvalue weighted by Crippen LogP contribution is -2.66. The van der Waals surface area contributed by atoms with Gasteiger partial charge in [0.2, 0.25) is 5.91 Å². The van der Waals surface area contributed by atoms with Crippen molar-refractivity contribution < 1.29 is 89.4 Å². The Bertz CT molecular complexity index is 2090. The van der Waals surface area contributed by atoms with Crippen LogP contribution in [-0.4, -0.2) is 193 Å². The number of carbonyl (C=O) groups excluding carboxylic acids is 1. The highest BCUT2D eigenvalue weighted by Gasteiger charge is 2.54. The Kier molecular flexibility index (Phi) is 56.1. The van der Waals surface area contributed by atoms with Crippen molar-refractivity contribution in [3.05, 3.63) is 72.9 Å². The molecule has 17 atom stereocenters. The minimum Gasteiger partial charge on any atom is -0.394 e. The van der Waals surface area contributed by atoms with Gasteiger partial charge in [0.15, 0.2) is 18.9 Å². The summed E-state index contributed by atoms with van der Waals surface area (Å²) in [6, 6.07) is -0.889. The molecular formula is C81H145NO18. The average molecular weight is 1420 g/mol. The number of rotatable bonds is 63. The fraction of sp³-hybridized carbons (Fsp3) is 0.840. The maximum Gasteiger partial charge on any atom is 0.220 e. The predicted molar refractivity (Wildman–Crippen MR) is 397 cm³/mol. The summed E-state index contributed by atoms with van der Waals surface area (Å²) < 4.78 is 34.5. The smallest absolute Gasteiger partial charge is 0.220 e. The fourth-order valence-corrected chi connectivity index (χ4v) is 13.4. The predicted octanol–water partition coefficient (Wildman–Crippen LogP) is 13.2. The molecule has 0 aromatic rings. The van der Waals surface area contributed by atoms with Crippen molar-refractivity contribution in [2.75, 3.05) is 26.4 Å². The van der Waals surface area contributed by atoms with Gasteiger partial charge in [-0.2, -0.15) is 0 Å². The maximum atomic E-state index is 13.5. The van der Waals surface area contributed by atoms with E-state index in [-0.39, 0.29) is 18.9 Å². The van der Waals surface area contributed by atoms with Gasteiger partial charge >= 0.3 is 0 Å². The molecule has 0 radical (unpaired) electrons. The lowest BCUT2D eigenvalue weighted by Gasteiger charge is -2.48. The number of hydrogen-bond acceptors (Lipinski definition) is 18. The Morgan fingerprint density at radius 2 is 0.690 bits per heavy atom. The molecule has 3 aliphatic rings. The Balaban J connectivity index is 1.32. The van der Waals surface area contributed by atoms with Gasteiger partial charge in [-0.25, -0.2) is 0 Å². The summed E-state index contributed by atoms with van der Waals surface area (Å²) in [5.41, 5.74) is 0. The van der Waals surface area contributed by atoms with Gasteiger partial charge in [-0.05, 0) is 64.2 Å². The van der Waals surface area contributed by atoms with Crippen LogP contribution < -0.4 is 5.32 Å². The number of ether oxygens (including phenoxy) is 6. The molecule has 17 unspecified atom stereocenters. The summed E-state index contributed by atoms with van der Waals surface area (Å²) in [4.78, 5) is 13.5. The van der Waals surface area contributed by atoms with Crippen LogP contribution in [0.2, 0.25) is 0 Å². The highest BCUT2D eigenvalue weighted by atomic mass is 16.8. The first-order valence-corrected chi connectivity index (χ1v) is 40.2. The zero-order valence-electron chi connectivity index (χ0n) is 62.2. The number of amides is 1. The second kappa shape index (κ2) is 61.4. The van der Waals surface area contributed by atoms with Gasteiger partial charge in [0.1, 0.15) is 73.2 Å². The first-order valence-electron chi connectivity index (χ1n) is 40.2. The van der Waals surface area contributed by atoms with Gasteiger partial charge in [0.05, 0.1) is 38.6 Å². The van der Waals surface area contributed by atoms with E-state index >= 15 is 0 Å². The molecule has 19 heteroatoms. The van der Waals surface area contributed by atoms with Crippen molar-refractivity contribution in [1.29, 1.82) is 0 Å². The average Bonchev–Trinajstić information content (AvgIpc) is 0.783. The molecule has 0 aromatic heterocycles. The molecule has 0 saturated carbocycles. The molecule has 12 N–H and O–H groups in total. The molecule has 1 amide bonds. The van der Waals surface area contributed by atoms with Crippen LogP contribution in [0.25, 0.3) is 0 Å². The van der Waals surface area contributed by atoms with Crippen LogP contribution in [0.1, 0.15) is 303 Å². The third-order valence-electron chi connectivity index (χ3n) is 19.8. The van der Waals surface area contributed by atoms with E-state index in [1.165, 1.54) is 186 Å². The normalized spacial score (nSPS) is 26.8. The summed E-state index contributed by atoms with van der Waals surface area (Å²) in [7, 11) is 0. The summed E-state index contributed by atoms with van der Waals surface area (Å²) >= 11 is 0. The number of allylic oxidation sites excluding steroid dienone is 12. The summed E-state index contributed by atoms with van der Waals surface area (Å²) in [5.74, 6) is -0.240. The number of carbonyl (C=O) groups is 1. The van der Waals surface area contributed by atoms with E-state index in [9.17, 15) is 61.0 Å². The molecular weight excluding hydrogens is 1270 g/mol. The Labute approximate surface area is 604 Å². The minimum absolute atomic E-state index is 0.240. The van der Waals surface area contributed by atoms with Crippen molar-refractivity contribution >= 4 is 5.91 Å². The first kappa shape index (κ1) is 91.4. The van der Waals surface area contributed by atoms with Crippen LogP contribution in [0.4, 0.5) is 0 Å². The van der Waals surface area contributed by atoms with Crippen molar-refractivity contribution in [3.63, 3.8) is 0 Å². The number of unbranched alkanes of at least 4 members (excludes halogenated alkanes) is 35. The standard InChI is InChI=1S/C81H145NO18/c1-3-5-7-9-11-13-15-17-19-21-23-24-25-26-27-28-29-30-31-32-33-34-35-36-37-38-39-40-41-43-45-47-49-51-53-55-57-59-69(87)82-64(65(86)58-56-54-52-50-48-46-44-42-22-20-18-16-14-12-10-8-6-4-2)63-95-79-75(93)72(90)77(67(61-84)97-79)100-81-76(94)73(91)78(68(62-85)98-81)99-80-74(92)71(89)70(88)66(60-83)96-80/h5,7,11,13,17,19,23-24,26-27,29-30,64-68,70-81,83-86,88-94H,3-4,6,8-10,12,14-16,18,20-22,25,28,31-63H2,1-2H3,(H,82,87)/b7-5-,13-11-,19-17-,24-23-,27-26-,30-29-. The topological polar surface area (TPSA) is 307 Å². The second-order valence-corrected chi connectivity index (χ2v) is 28.5. The SMILES string of the molecule is CC/C=C\C/C=C\C/C=C\C/C=C\C/C=C\C/C=C\CCCCCCCCCCCCCCCCCCCCC(=O)NC(COC1OC(CO)C(OC2OC(CO)C(OC3OC(CO)C(O)C(O)C3O)C(O)C2O)C(O)C1O)C(O)CCCCCCCCCCCCCCCCCCCC. The van der Waals surface area contributed by atoms with Gasteiger partial charge in [-0.15, -0.1) is 0 Å². The van der Waals surface area contributed by atoms with Crippen molar-refractivity contribution in [3.8, 4) is 0 Å². The number of hydrogen-bond donors (Lipinski definition) is 12. The second-order valence-electron chi connectivity index (χ2n) is 28.5. The lowest BCUT2D eigenvalue weighted by atomic mass is 9.96. The molecule has 3 fully saturated rings. The quantitative estimate of drug-likeness (QED) is 0.0199. The van der Waals surface area contributed by atoms with E-state index in [1.54, 1.807) is 0 Å². The molecule has 3 rings (SSSR count). The zero-order valence-corrected chi connectivity index (χ0v) is 62.2. The number of aliphatic hydroxyl groups excluding tert-OH is 11. The summed E-state index contributed by atoms with van der Waals surface area (Å²) in [5, 5.41) is 121. The van der Waals surface area contributed by atoms with Crippen LogP contribution in [0.3, 0.4) is 0 Å². The molecule has 19 nitrogen and oxygen atoms in total. The van der Waals surface area contributed by atoms with Crippen molar-refractivity contribution in [2.24, 2.45) is 0 Å². The van der Waals surface area contributed by atoms with E-state index in [2.05, 4.69) is 92.1 Å². The van der Waals surface area contributed by atoms with E-state index in [4.69, 9.17) is 28.4 Å². The first-order chi connectivity index (χ1) is 48.8. The monoisotopic (exact) mass is 1420 g/mol. The van der Waals surface area contributed by atoms with E-state index in [0.29, 0.717) is 12.8 Å². The third-order valence-corrected chi connectivity index (χ3v) is 19.8. The van der Waals surface area contributed by atoms with Gasteiger partial charge in [0.25, 0.3) is 0 Å². The van der Waals surface area contributed by atoms with Crippen molar-refractivity contribution in [2.45, 2.75) is 407 Å². The maximum absolute atomic E-state index is 13.5. The molecule has 0 aromatic carbocycles. The molecule has 3 heterocycles. The molecule has 0 spiro atoms. The number of nitrogens with one attached hydrogen (secondary N) is 1. The van der Waals surface area contributed by atoms with Gasteiger partial charge in [-0.1, -0.05) is 305 Å². The van der Waals surface area contributed by atoms with Crippen LogP contribution in [0.5, 0.6) is 0 Å². The lowest BCUT2D eigenvalue weighted by molar-refractivity contribution is -0.379. The Morgan fingerprint density at radius 1 is 0.370 bits per heavy atom. The highest BCUT2D eigenvalue weighted by Crippen LogP contribution is 2.33. The van der Waals surface area contributed by atoms with Crippen LogP contribution in [0.15, 0.2) is 72.9 Å².